The number of aromatic nitrogens is 2. The maximum atomic E-state index is 14.7. The highest BCUT2D eigenvalue weighted by Gasteiger charge is 2.34. The Hall–Kier alpha value is -4.37. The lowest BCUT2D eigenvalue weighted by Crippen LogP contribution is -2.35. The Morgan fingerprint density at radius 2 is 1.63 bits per heavy atom. The topological polar surface area (TPSA) is 47.4 Å². The van der Waals surface area contributed by atoms with Gasteiger partial charge in [-0.2, -0.15) is 18.3 Å². The Labute approximate surface area is 250 Å². The molecule has 0 spiro atoms. The summed E-state index contributed by atoms with van der Waals surface area (Å²) in [6.07, 6.45) is -1.51. The van der Waals surface area contributed by atoms with E-state index in [2.05, 4.69) is 5.10 Å². The van der Waals surface area contributed by atoms with E-state index in [0.717, 1.165) is 44.5 Å². The predicted molar refractivity (Wildman–Crippen MR) is 157 cm³/mol. The van der Waals surface area contributed by atoms with Crippen molar-refractivity contribution >= 4 is 28.4 Å². The van der Waals surface area contributed by atoms with E-state index < -0.39 is 17.6 Å². The fourth-order valence-corrected chi connectivity index (χ4v) is 5.56. The van der Waals surface area contributed by atoms with E-state index in [1.54, 1.807) is 54.6 Å². The molecule has 0 atom stereocenters. The molecule has 0 N–H and O–H groups in total. The van der Waals surface area contributed by atoms with Crippen molar-refractivity contribution in [3.63, 3.8) is 0 Å². The number of carbonyl (C=O) groups excluding carboxylic acids is 1. The normalized spacial score (nSPS) is 13.8. The second-order valence-electron chi connectivity index (χ2n) is 10.4. The molecule has 5 aromatic rings. The van der Waals surface area contributed by atoms with Crippen LogP contribution in [-0.2, 0) is 12.7 Å². The summed E-state index contributed by atoms with van der Waals surface area (Å²) in [5.74, 6) is 0.343. The van der Waals surface area contributed by atoms with Crippen LogP contribution in [0, 0.1) is 5.82 Å². The number of likely N-dealkylation sites (tertiary alicyclic amines) is 1. The van der Waals surface area contributed by atoms with Crippen LogP contribution in [0.4, 0.5) is 17.6 Å². The number of nitrogens with zero attached hydrogens (tertiary/aromatic N) is 3. The van der Waals surface area contributed by atoms with Gasteiger partial charge in [-0.3, -0.25) is 9.48 Å². The number of amides is 1. The van der Waals surface area contributed by atoms with E-state index in [4.69, 9.17) is 16.3 Å². The van der Waals surface area contributed by atoms with Gasteiger partial charge in [-0.15, -0.1) is 0 Å². The molecule has 1 aliphatic rings. The minimum atomic E-state index is -4.62. The van der Waals surface area contributed by atoms with E-state index in [9.17, 15) is 22.4 Å². The van der Waals surface area contributed by atoms with E-state index in [1.807, 2.05) is 4.90 Å². The van der Waals surface area contributed by atoms with Crippen LogP contribution in [-0.4, -0.2) is 33.7 Å². The van der Waals surface area contributed by atoms with E-state index in [-0.39, 0.29) is 33.9 Å². The minimum absolute atomic E-state index is 0.0315. The lowest BCUT2D eigenvalue weighted by atomic mass is 10.0. The molecular formula is C33H26ClF4N3O2. The maximum absolute atomic E-state index is 14.7. The second-order valence-corrected chi connectivity index (χ2v) is 10.9. The van der Waals surface area contributed by atoms with Gasteiger partial charge in [0.2, 0.25) is 0 Å². The highest BCUT2D eigenvalue weighted by Crippen LogP contribution is 2.39. The number of ether oxygens (including phenoxy) is 1. The Bertz CT molecular complexity index is 1800. The van der Waals surface area contributed by atoms with E-state index >= 15 is 0 Å². The molecule has 0 bridgehead atoms. The van der Waals surface area contributed by atoms with Crippen molar-refractivity contribution < 1.29 is 27.1 Å². The summed E-state index contributed by atoms with van der Waals surface area (Å²) in [6, 6.07) is 21.8. The smallest absolute Gasteiger partial charge is 0.418 e. The molecule has 1 saturated heterocycles. The van der Waals surface area contributed by atoms with Gasteiger partial charge in [-0.25, -0.2) is 4.39 Å². The lowest BCUT2D eigenvalue weighted by Gasteiger charge is -2.26. The van der Waals surface area contributed by atoms with Gasteiger partial charge < -0.3 is 9.64 Å². The van der Waals surface area contributed by atoms with Gasteiger partial charge in [0.05, 0.1) is 17.8 Å². The van der Waals surface area contributed by atoms with Crippen LogP contribution in [0.2, 0.25) is 5.02 Å². The zero-order valence-corrected chi connectivity index (χ0v) is 23.6. The Kier molecular flexibility index (Phi) is 7.83. The van der Waals surface area contributed by atoms with Crippen LogP contribution in [0.5, 0.6) is 11.5 Å². The van der Waals surface area contributed by atoms with Gasteiger partial charge in [-0.1, -0.05) is 35.9 Å². The lowest BCUT2D eigenvalue weighted by molar-refractivity contribution is -0.136. The fourth-order valence-electron chi connectivity index (χ4n) is 5.40. The van der Waals surface area contributed by atoms with E-state index in [0.29, 0.717) is 28.3 Å². The fraction of sp³-hybridized carbons (Fsp3) is 0.212. The molecule has 0 saturated carbocycles. The zero-order valence-electron chi connectivity index (χ0n) is 22.9. The van der Waals surface area contributed by atoms with Crippen molar-refractivity contribution in [2.75, 3.05) is 13.1 Å². The molecule has 5 nitrogen and oxygen atoms in total. The summed E-state index contributed by atoms with van der Waals surface area (Å²) in [4.78, 5) is 14.8. The van der Waals surface area contributed by atoms with Crippen molar-refractivity contribution in [2.45, 2.75) is 32.0 Å². The summed E-state index contributed by atoms with van der Waals surface area (Å²) < 4.78 is 63.7. The van der Waals surface area contributed by atoms with Gasteiger partial charge in [0.1, 0.15) is 22.8 Å². The van der Waals surface area contributed by atoms with Crippen molar-refractivity contribution in [1.82, 2.24) is 14.7 Å². The number of hydrogen-bond acceptors (Lipinski definition) is 3. The molecule has 0 unspecified atom stereocenters. The molecule has 1 fully saturated rings. The molecule has 1 aromatic heterocycles. The first-order valence-corrected chi connectivity index (χ1v) is 14.2. The summed E-state index contributed by atoms with van der Waals surface area (Å²) in [5.41, 5.74) is 0.636. The quantitative estimate of drug-likeness (QED) is 0.181. The summed E-state index contributed by atoms with van der Waals surface area (Å²) in [6.45, 7) is 1.37. The van der Waals surface area contributed by atoms with Crippen LogP contribution < -0.4 is 4.74 Å². The number of benzene rings is 4. The van der Waals surface area contributed by atoms with Crippen molar-refractivity contribution in [3.8, 4) is 22.8 Å². The number of fused-ring (bicyclic) bond motifs is 1. The van der Waals surface area contributed by atoms with Crippen LogP contribution in [0.15, 0.2) is 84.9 Å². The maximum Gasteiger partial charge on any atom is 0.418 e. The highest BCUT2D eigenvalue weighted by atomic mass is 35.5. The van der Waals surface area contributed by atoms with Gasteiger partial charge in [-0.05, 0) is 79.9 Å². The third-order valence-corrected chi connectivity index (χ3v) is 7.73. The number of rotatable bonds is 6. The van der Waals surface area contributed by atoms with Gasteiger partial charge in [0.25, 0.3) is 5.91 Å². The molecule has 6 rings (SSSR count). The molecule has 43 heavy (non-hydrogen) atoms. The van der Waals surface area contributed by atoms with Crippen LogP contribution >= 0.6 is 11.6 Å². The SMILES string of the molecule is O=C(c1cccc(Oc2ccc(-c3c4cccc(C(F)(F)F)c4nn3Cc3ccc(Cl)cc3F)cc2)c1)N1CCCCC1. The van der Waals surface area contributed by atoms with Crippen molar-refractivity contribution in [3.05, 3.63) is 112 Å². The number of piperidine rings is 1. The van der Waals surface area contributed by atoms with Crippen LogP contribution in [0.3, 0.4) is 0 Å². The Morgan fingerprint density at radius 3 is 2.35 bits per heavy atom. The number of alkyl halides is 3. The first kappa shape index (κ1) is 28.7. The largest absolute Gasteiger partial charge is 0.457 e. The van der Waals surface area contributed by atoms with Gasteiger partial charge >= 0.3 is 6.18 Å². The molecular weight excluding hydrogens is 582 g/mol. The summed E-state index contributed by atoms with van der Waals surface area (Å²) in [7, 11) is 0. The molecule has 1 aliphatic heterocycles. The van der Waals surface area contributed by atoms with Gasteiger partial charge in [0, 0.05) is 40.2 Å². The first-order chi connectivity index (χ1) is 20.7. The van der Waals surface area contributed by atoms with Gasteiger partial charge in [0.15, 0.2) is 0 Å². The third kappa shape index (κ3) is 6.08. The Morgan fingerprint density at radius 1 is 0.884 bits per heavy atom. The third-order valence-electron chi connectivity index (χ3n) is 7.50. The molecule has 0 aliphatic carbocycles. The predicted octanol–water partition coefficient (Wildman–Crippen LogP) is 8.98. The molecule has 0 radical (unpaired) electrons. The number of hydrogen-bond donors (Lipinski definition) is 0. The molecule has 4 aromatic carbocycles. The minimum Gasteiger partial charge on any atom is -0.457 e. The van der Waals surface area contributed by atoms with Crippen LogP contribution in [0.25, 0.3) is 22.2 Å². The molecule has 220 valence electrons. The van der Waals surface area contributed by atoms with E-state index in [1.165, 1.54) is 22.9 Å². The highest BCUT2D eigenvalue weighted by molar-refractivity contribution is 6.30. The molecule has 1 amide bonds. The number of carbonyl (C=O) groups is 1. The first-order valence-electron chi connectivity index (χ1n) is 13.9. The van der Waals surface area contributed by atoms with Crippen LogP contribution in [0.1, 0.15) is 40.7 Å². The van der Waals surface area contributed by atoms with Crippen molar-refractivity contribution in [2.24, 2.45) is 0 Å². The second kappa shape index (κ2) is 11.7. The molecule has 2 heterocycles. The Balaban J connectivity index is 1.33. The standard InChI is InChI=1S/C33H26ClF4N3O2/c34-24-13-10-23(29(35)19-24)20-41-31(27-8-5-9-28(30(27)39-41)33(36,37)38)21-11-14-25(15-12-21)43-26-7-4-6-22(18-26)32(42)40-16-2-1-3-17-40/h4-15,18-19H,1-3,16-17,20H2. The summed E-state index contributed by atoms with van der Waals surface area (Å²) >= 11 is 5.90. The van der Waals surface area contributed by atoms with Crippen molar-refractivity contribution in [1.29, 1.82) is 0 Å². The number of halogens is 5. The average molecular weight is 608 g/mol. The monoisotopic (exact) mass is 607 g/mol. The zero-order chi connectivity index (χ0) is 30.1. The molecule has 10 heteroatoms. The summed E-state index contributed by atoms with van der Waals surface area (Å²) in [5, 5.41) is 4.79. The average Bonchev–Trinajstić information content (AvgIpc) is 3.36.